The highest BCUT2D eigenvalue weighted by atomic mass is 19.4. The van der Waals surface area contributed by atoms with Gasteiger partial charge in [-0.15, -0.1) is 0 Å². The maximum absolute atomic E-state index is 11.9. The molecule has 8 heteroatoms. The minimum Gasteiger partial charge on any atom is -0.464 e. The van der Waals surface area contributed by atoms with E-state index in [0.29, 0.717) is 4.90 Å². The first-order valence-corrected chi connectivity index (χ1v) is 4.43. The highest BCUT2D eigenvalue weighted by Gasteiger charge is 2.34. The summed E-state index contributed by atoms with van der Waals surface area (Å²) in [6.07, 6.45) is -4.53. The molecule has 5 nitrogen and oxygen atoms in total. The smallest absolute Gasteiger partial charge is 0.406 e. The molecular weight excluding hydrogens is 229 g/mol. The van der Waals surface area contributed by atoms with E-state index in [-0.39, 0.29) is 6.61 Å². The average Bonchev–Trinajstić information content (AvgIpc) is 2.13. The molecule has 0 bridgehead atoms. The van der Waals surface area contributed by atoms with Gasteiger partial charge in [0.25, 0.3) is 5.91 Å². The first-order chi connectivity index (χ1) is 7.19. The third-order valence-corrected chi connectivity index (χ3v) is 1.60. The van der Waals surface area contributed by atoms with Crippen molar-refractivity contribution in [2.45, 2.75) is 19.1 Å². The molecule has 94 valence electrons. The molecule has 0 rings (SSSR count). The number of likely N-dealkylation sites (N-methyl/N-ethyl adjacent to an activating group) is 1. The van der Waals surface area contributed by atoms with Crippen molar-refractivity contribution in [1.82, 2.24) is 4.90 Å². The van der Waals surface area contributed by atoms with E-state index in [1.807, 2.05) is 0 Å². The van der Waals surface area contributed by atoms with Gasteiger partial charge in [0.2, 0.25) is 0 Å². The second kappa shape index (κ2) is 5.69. The summed E-state index contributed by atoms with van der Waals surface area (Å²) < 4.78 is 40.2. The molecule has 0 saturated heterocycles. The maximum atomic E-state index is 11.9. The fraction of sp³-hybridized carbons (Fsp3) is 0.750. The van der Waals surface area contributed by atoms with Gasteiger partial charge in [0.1, 0.15) is 6.54 Å². The van der Waals surface area contributed by atoms with Gasteiger partial charge in [-0.1, -0.05) is 0 Å². The largest absolute Gasteiger partial charge is 0.464 e. The zero-order valence-corrected chi connectivity index (χ0v) is 8.87. The summed E-state index contributed by atoms with van der Waals surface area (Å²) in [7, 11) is 0.912. The van der Waals surface area contributed by atoms with Gasteiger partial charge in [0.05, 0.1) is 6.61 Å². The highest BCUT2D eigenvalue weighted by molar-refractivity contribution is 6.01. The number of alkyl halides is 3. The number of nitrogens with zero attached hydrogens (tertiary/aromatic N) is 1. The minimum atomic E-state index is -4.53. The van der Waals surface area contributed by atoms with Crippen LogP contribution in [0, 0.1) is 0 Å². The fourth-order valence-electron chi connectivity index (χ4n) is 0.917. The Morgan fingerprint density at radius 3 is 2.31 bits per heavy atom. The third-order valence-electron chi connectivity index (χ3n) is 1.60. The Morgan fingerprint density at radius 1 is 1.44 bits per heavy atom. The molecule has 0 aromatic rings. The van der Waals surface area contributed by atoms with Crippen molar-refractivity contribution in [2.75, 3.05) is 20.2 Å². The van der Waals surface area contributed by atoms with Crippen LogP contribution in [-0.4, -0.2) is 49.2 Å². The number of carbonyl (C=O) groups is 2. The van der Waals surface area contributed by atoms with Crippen LogP contribution in [-0.2, 0) is 14.3 Å². The number of ether oxygens (including phenoxy) is 1. The summed E-state index contributed by atoms with van der Waals surface area (Å²) in [6, 6.07) is -1.72. The van der Waals surface area contributed by atoms with Gasteiger partial charge in [0.15, 0.2) is 6.04 Å². The first-order valence-electron chi connectivity index (χ1n) is 4.43. The Hall–Kier alpha value is -1.31. The van der Waals surface area contributed by atoms with Crippen molar-refractivity contribution in [3.63, 3.8) is 0 Å². The zero-order valence-electron chi connectivity index (χ0n) is 8.87. The van der Waals surface area contributed by atoms with Gasteiger partial charge in [-0.05, 0) is 6.92 Å². The van der Waals surface area contributed by atoms with E-state index in [9.17, 15) is 22.8 Å². The fourth-order valence-corrected chi connectivity index (χ4v) is 0.917. The molecule has 1 unspecified atom stereocenters. The van der Waals surface area contributed by atoms with Gasteiger partial charge in [-0.3, -0.25) is 4.79 Å². The molecule has 0 aliphatic rings. The van der Waals surface area contributed by atoms with Crippen molar-refractivity contribution >= 4 is 11.9 Å². The van der Waals surface area contributed by atoms with Crippen molar-refractivity contribution in [3.8, 4) is 0 Å². The molecule has 0 radical (unpaired) electrons. The second-order valence-electron chi connectivity index (χ2n) is 3.04. The Bertz CT molecular complexity index is 268. The zero-order chi connectivity index (χ0) is 12.9. The van der Waals surface area contributed by atoms with E-state index >= 15 is 0 Å². The summed E-state index contributed by atoms with van der Waals surface area (Å²) in [5.74, 6) is -2.17. The number of amides is 1. The molecule has 0 aliphatic carbocycles. The van der Waals surface area contributed by atoms with E-state index < -0.39 is 30.6 Å². The van der Waals surface area contributed by atoms with E-state index in [4.69, 9.17) is 5.73 Å². The Kier molecular flexibility index (Phi) is 5.22. The standard InChI is InChI=1S/C8H13F3N2O3/c1-3-16-7(15)5(12)6(14)13(2)4-8(9,10)11/h5H,3-4,12H2,1-2H3. The number of hydrogen-bond donors (Lipinski definition) is 1. The summed E-state index contributed by atoms with van der Waals surface area (Å²) in [6.45, 7) is 0.0380. The lowest BCUT2D eigenvalue weighted by molar-refractivity contribution is -0.163. The number of halogens is 3. The SMILES string of the molecule is CCOC(=O)C(N)C(=O)N(C)CC(F)(F)F. The van der Waals surface area contributed by atoms with E-state index in [1.165, 1.54) is 6.92 Å². The minimum absolute atomic E-state index is 0.00278. The summed E-state index contributed by atoms with van der Waals surface area (Å²) >= 11 is 0. The molecule has 1 atom stereocenters. The van der Waals surface area contributed by atoms with Gasteiger partial charge in [-0.25, -0.2) is 4.79 Å². The predicted octanol–water partition coefficient (Wildman–Crippen LogP) is -0.103. The van der Waals surface area contributed by atoms with Crippen molar-refractivity contribution < 1.29 is 27.5 Å². The molecule has 0 aromatic carbocycles. The van der Waals surface area contributed by atoms with Crippen molar-refractivity contribution in [2.24, 2.45) is 5.73 Å². The number of carbonyl (C=O) groups excluding carboxylic acids is 2. The van der Waals surface area contributed by atoms with Crippen molar-refractivity contribution in [3.05, 3.63) is 0 Å². The summed E-state index contributed by atoms with van der Waals surface area (Å²) in [5, 5.41) is 0. The lowest BCUT2D eigenvalue weighted by atomic mass is 10.3. The maximum Gasteiger partial charge on any atom is 0.406 e. The van der Waals surface area contributed by atoms with Crippen LogP contribution in [0.5, 0.6) is 0 Å². The van der Waals surface area contributed by atoms with E-state index in [0.717, 1.165) is 7.05 Å². The van der Waals surface area contributed by atoms with Crippen molar-refractivity contribution in [1.29, 1.82) is 0 Å². The van der Waals surface area contributed by atoms with Crippen LogP contribution in [0.15, 0.2) is 0 Å². The lowest BCUT2D eigenvalue weighted by Gasteiger charge is -2.21. The quantitative estimate of drug-likeness (QED) is 0.552. The number of esters is 1. The van der Waals surface area contributed by atoms with Crippen LogP contribution in [0.1, 0.15) is 6.92 Å². The molecule has 1 amide bonds. The topological polar surface area (TPSA) is 72.6 Å². The van der Waals surface area contributed by atoms with Crippen LogP contribution < -0.4 is 5.73 Å². The lowest BCUT2D eigenvalue weighted by Crippen LogP contribution is -2.49. The van der Waals surface area contributed by atoms with E-state index in [1.54, 1.807) is 0 Å². The molecule has 2 N–H and O–H groups in total. The van der Waals surface area contributed by atoms with E-state index in [2.05, 4.69) is 4.74 Å². The molecule has 0 fully saturated rings. The summed E-state index contributed by atoms with van der Waals surface area (Å²) in [4.78, 5) is 22.6. The van der Waals surface area contributed by atoms with Gasteiger partial charge in [0, 0.05) is 7.05 Å². The molecule has 0 saturated carbocycles. The van der Waals surface area contributed by atoms with Gasteiger partial charge < -0.3 is 15.4 Å². The Balaban J connectivity index is 4.38. The van der Waals surface area contributed by atoms with Crippen LogP contribution in [0.25, 0.3) is 0 Å². The molecular formula is C8H13F3N2O3. The Morgan fingerprint density at radius 2 is 1.94 bits per heavy atom. The highest BCUT2D eigenvalue weighted by Crippen LogP contribution is 2.15. The van der Waals surface area contributed by atoms with Gasteiger partial charge >= 0.3 is 12.1 Å². The number of rotatable bonds is 4. The molecule has 0 aromatic heterocycles. The average molecular weight is 242 g/mol. The summed E-state index contributed by atoms with van der Waals surface area (Å²) in [5.41, 5.74) is 5.13. The van der Waals surface area contributed by atoms with Crippen LogP contribution in [0.3, 0.4) is 0 Å². The predicted molar refractivity (Wildman–Crippen MR) is 48.3 cm³/mol. The molecule has 0 aliphatic heterocycles. The van der Waals surface area contributed by atoms with Gasteiger partial charge in [-0.2, -0.15) is 13.2 Å². The number of hydrogen-bond acceptors (Lipinski definition) is 4. The van der Waals surface area contributed by atoms with Crippen LogP contribution in [0.4, 0.5) is 13.2 Å². The Labute approximate surface area is 90.3 Å². The van der Waals surface area contributed by atoms with Crippen LogP contribution >= 0.6 is 0 Å². The third kappa shape index (κ3) is 4.96. The normalized spacial score (nSPS) is 13.1. The molecule has 0 spiro atoms. The number of nitrogens with two attached hydrogens (primary N) is 1. The molecule has 0 heterocycles. The second-order valence-corrected chi connectivity index (χ2v) is 3.04. The first kappa shape index (κ1) is 14.7. The monoisotopic (exact) mass is 242 g/mol. The molecule has 16 heavy (non-hydrogen) atoms. The van der Waals surface area contributed by atoms with Crippen LogP contribution in [0.2, 0.25) is 0 Å².